The molecule has 0 saturated carbocycles. The summed E-state index contributed by atoms with van der Waals surface area (Å²) in [6.45, 7) is 0.802. The summed E-state index contributed by atoms with van der Waals surface area (Å²) in [5, 5.41) is 7.74. The number of hydrogen-bond donors (Lipinski definition) is 1. The number of halogens is 3. The molecule has 2 heterocycles. The van der Waals surface area contributed by atoms with Crippen LogP contribution in [-0.2, 0) is 6.54 Å². The number of para-hydroxylation sites is 2. The number of rotatable bonds is 6. The first kappa shape index (κ1) is 20.4. The van der Waals surface area contributed by atoms with Crippen LogP contribution in [0.5, 0.6) is 11.5 Å². The standard InChI is InChI=1S/C20H18F3N3O3S/c21-20(22,23)30-8-7-24-19(27)13-5-6-16-14(9-13)10-26(25-16)11-15-12-28-17-3-1-2-4-18(17)29-15/h1-6,9-10,15H,7-8,11-12H2,(H,24,27). The van der Waals surface area contributed by atoms with E-state index in [2.05, 4.69) is 10.4 Å². The number of amides is 1. The van der Waals surface area contributed by atoms with Crippen molar-refractivity contribution in [3.8, 4) is 11.5 Å². The van der Waals surface area contributed by atoms with E-state index in [4.69, 9.17) is 9.47 Å². The first-order valence-corrected chi connectivity index (χ1v) is 10.2. The summed E-state index contributed by atoms with van der Waals surface area (Å²) in [5.41, 5.74) is -3.23. The summed E-state index contributed by atoms with van der Waals surface area (Å²) < 4.78 is 49.8. The molecule has 1 N–H and O–H groups in total. The lowest BCUT2D eigenvalue weighted by Crippen LogP contribution is -2.33. The number of carbonyl (C=O) groups is 1. The third-order valence-corrected chi connectivity index (χ3v) is 5.16. The van der Waals surface area contributed by atoms with Crippen LogP contribution in [0.25, 0.3) is 10.9 Å². The van der Waals surface area contributed by atoms with E-state index in [0.29, 0.717) is 35.7 Å². The molecule has 1 aliphatic rings. The Morgan fingerprint density at radius 3 is 2.83 bits per heavy atom. The molecule has 6 nitrogen and oxygen atoms in total. The van der Waals surface area contributed by atoms with Gasteiger partial charge in [0.1, 0.15) is 6.61 Å². The van der Waals surface area contributed by atoms with Crippen molar-refractivity contribution >= 4 is 28.6 Å². The number of carbonyl (C=O) groups excluding carboxylic acids is 1. The average molecular weight is 437 g/mol. The normalized spacial score (nSPS) is 15.9. The fourth-order valence-electron chi connectivity index (χ4n) is 3.11. The molecule has 1 unspecified atom stereocenters. The van der Waals surface area contributed by atoms with E-state index in [-0.39, 0.29) is 30.2 Å². The predicted molar refractivity (Wildman–Crippen MR) is 107 cm³/mol. The Kier molecular flexibility index (Phi) is 5.76. The maximum atomic E-state index is 12.2. The first-order valence-electron chi connectivity index (χ1n) is 9.22. The second kappa shape index (κ2) is 8.47. The maximum absolute atomic E-state index is 12.2. The summed E-state index contributed by atoms with van der Waals surface area (Å²) in [6.07, 6.45) is 1.60. The van der Waals surface area contributed by atoms with E-state index < -0.39 is 11.4 Å². The summed E-state index contributed by atoms with van der Waals surface area (Å²) in [5.74, 6) is 0.743. The van der Waals surface area contributed by atoms with Gasteiger partial charge in [-0.15, -0.1) is 0 Å². The number of nitrogens with zero attached hydrogens (tertiary/aromatic N) is 2. The molecule has 0 fully saturated rings. The lowest BCUT2D eigenvalue weighted by molar-refractivity contribution is -0.0327. The zero-order valence-electron chi connectivity index (χ0n) is 15.7. The number of thioether (sulfide) groups is 1. The van der Waals surface area contributed by atoms with Crippen LogP contribution in [0.2, 0.25) is 0 Å². The Bertz CT molecular complexity index is 1050. The van der Waals surface area contributed by atoms with E-state index >= 15 is 0 Å². The van der Waals surface area contributed by atoms with E-state index in [9.17, 15) is 18.0 Å². The molecule has 0 aliphatic carbocycles. The van der Waals surface area contributed by atoms with Crippen LogP contribution in [0.1, 0.15) is 10.4 Å². The SMILES string of the molecule is O=C(NCCSC(F)(F)F)c1ccc2nn(CC3COc4ccccc4O3)cc2c1. The number of fused-ring (bicyclic) bond motifs is 2. The highest BCUT2D eigenvalue weighted by atomic mass is 32.2. The Balaban J connectivity index is 1.37. The quantitative estimate of drug-likeness (QED) is 0.594. The summed E-state index contributed by atoms with van der Waals surface area (Å²) in [6, 6.07) is 12.4. The van der Waals surface area contributed by atoms with Crippen molar-refractivity contribution in [2.75, 3.05) is 18.9 Å². The van der Waals surface area contributed by atoms with Gasteiger partial charge < -0.3 is 14.8 Å². The molecule has 2 aromatic carbocycles. The van der Waals surface area contributed by atoms with Crippen LogP contribution >= 0.6 is 11.8 Å². The molecule has 0 radical (unpaired) electrons. The molecule has 1 aromatic heterocycles. The molecule has 0 saturated heterocycles. The third-order valence-electron chi connectivity index (χ3n) is 4.43. The number of aromatic nitrogens is 2. The van der Waals surface area contributed by atoms with E-state index in [0.717, 1.165) is 5.39 Å². The summed E-state index contributed by atoms with van der Waals surface area (Å²) in [7, 11) is 0. The van der Waals surface area contributed by atoms with Crippen LogP contribution in [0.15, 0.2) is 48.7 Å². The highest BCUT2D eigenvalue weighted by molar-refractivity contribution is 8.00. The molecule has 30 heavy (non-hydrogen) atoms. The maximum Gasteiger partial charge on any atom is 0.441 e. The van der Waals surface area contributed by atoms with Crippen molar-refractivity contribution in [1.29, 1.82) is 0 Å². The highest BCUT2D eigenvalue weighted by Crippen LogP contribution is 2.31. The molecule has 1 amide bonds. The van der Waals surface area contributed by atoms with Gasteiger partial charge in [-0.2, -0.15) is 18.3 Å². The summed E-state index contributed by atoms with van der Waals surface area (Å²) in [4.78, 5) is 12.2. The number of benzene rings is 2. The van der Waals surface area contributed by atoms with Gasteiger partial charge >= 0.3 is 5.51 Å². The van der Waals surface area contributed by atoms with E-state index in [1.165, 1.54) is 0 Å². The van der Waals surface area contributed by atoms with E-state index in [1.54, 1.807) is 29.1 Å². The largest absolute Gasteiger partial charge is 0.486 e. The molecule has 158 valence electrons. The van der Waals surface area contributed by atoms with Gasteiger partial charge in [0.2, 0.25) is 0 Å². The van der Waals surface area contributed by atoms with Crippen LogP contribution < -0.4 is 14.8 Å². The smallest absolute Gasteiger partial charge is 0.441 e. The third kappa shape index (κ3) is 4.99. The van der Waals surface area contributed by atoms with Crippen molar-refractivity contribution in [3.63, 3.8) is 0 Å². The van der Waals surface area contributed by atoms with Crippen LogP contribution in [-0.4, -0.2) is 46.2 Å². The van der Waals surface area contributed by atoms with Gasteiger partial charge in [0, 0.05) is 29.4 Å². The molecule has 1 aliphatic heterocycles. The Hall–Kier alpha value is -2.88. The van der Waals surface area contributed by atoms with Gasteiger partial charge in [-0.05, 0) is 42.1 Å². The lowest BCUT2D eigenvalue weighted by Gasteiger charge is -2.26. The van der Waals surface area contributed by atoms with Crippen molar-refractivity contribution in [2.24, 2.45) is 0 Å². The molecular weight excluding hydrogens is 419 g/mol. The average Bonchev–Trinajstić information content (AvgIpc) is 3.11. The molecule has 1 atom stereocenters. The minimum Gasteiger partial charge on any atom is -0.486 e. The fourth-order valence-corrected chi connectivity index (χ4v) is 3.54. The lowest BCUT2D eigenvalue weighted by atomic mass is 10.1. The Morgan fingerprint density at radius 1 is 1.23 bits per heavy atom. The number of alkyl halides is 3. The van der Waals surface area contributed by atoms with E-state index in [1.807, 2.05) is 24.3 Å². The van der Waals surface area contributed by atoms with Gasteiger partial charge in [0.25, 0.3) is 5.91 Å². The number of ether oxygens (including phenoxy) is 2. The topological polar surface area (TPSA) is 65.4 Å². The second-order valence-corrected chi connectivity index (χ2v) is 7.83. The number of hydrogen-bond acceptors (Lipinski definition) is 5. The zero-order valence-corrected chi connectivity index (χ0v) is 16.5. The van der Waals surface area contributed by atoms with Crippen molar-refractivity contribution < 1.29 is 27.4 Å². The van der Waals surface area contributed by atoms with Gasteiger partial charge in [-0.25, -0.2) is 0 Å². The monoisotopic (exact) mass is 437 g/mol. The minimum atomic E-state index is -4.30. The minimum absolute atomic E-state index is 0.0686. The van der Waals surface area contributed by atoms with Crippen molar-refractivity contribution in [1.82, 2.24) is 15.1 Å². The molecular formula is C20H18F3N3O3S. The van der Waals surface area contributed by atoms with Crippen LogP contribution in [0, 0.1) is 0 Å². The Morgan fingerprint density at radius 2 is 2.03 bits per heavy atom. The molecule has 0 bridgehead atoms. The predicted octanol–water partition coefficient (Wildman–Crippen LogP) is 3.86. The summed E-state index contributed by atoms with van der Waals surface area (Å²) >= 11 is -0.161. The second-order valence-electron chi connectivity index (χ2n) is 6.67. The van der Waals surface area contributed by atoms with Gasteiger partial charge in [-0.3, -0.25) is 9.48 Å². The zero-order chi connectivity index (χ0) is 21.1. The van der Waals surface area contributed by atoms with Crippen LogP contribution in [0.4, 0.5) is 13.2 Å². The molecule has 3 aromatic rings. The fraction of sp³-hybridized carbons (Fsp3) is 0.300. The van der Waals surface area contributed by atoms with Gasteiger partial charge in [0.15, 0.2) is 17.6 Å². The molecule has 10 heteroatoms. The Labute approximate surface area is 174 Å². The van der Waals surface area contributed by atoms with Crippen molar-refractivity contribution in [3.05, 3.63) is 54.2 Å². The highest BCUT2D eigenvalue weighted by Gasteiger charge is 2.27. The van der Waals surface area contributed by atoms with Gasteiger partial charge in [0.05, 0.1) is 12.1 Å². The first-order chi connectivity index (χ1) is 14.4. The molecule has 0 spiro atoms. The van der Waals surface area contributed by atoms with Crippen LogP contribution in [0.3, 0.4) is 0 Å². The van der Waals surface area contributed by atoms with Gasteiger partial charge in [-0.1, -0.05) is 12.1 Å². The van der Waals surface area contributed by atoms with Crippen molar-refractivity contribution in [2.45, 2.75) is 18.2 Å². The number of nitrogens with one attached hydrogen (secondary N) is 1. The molecule has 4 rings (SSSR count).